The van der Waals surface area contributed by atoms with Gasteiger partial charge in [-0.15, -0.1) is 0 Å². The number of halogens is 1. The summed E-state index contributed by atoms with van der Waals surface area (Å²) in [4.78, 5) is 24.4. The van der Waals surface area contributed by atoms with Gasteiger partial charge in [0.05, 0.1) is 5.39 Å². The monoisotopic (exact) mass is 362 g/mol. The van der Waals surface area contributed by atoms with Gasteiger partial charge in [0.15, 0.2) is 12.4 Å². The van der Waals surface area contributed by atoms with Gasteiger partial charge in [-0.05, 0) is 48.9 Å². The Labute approximate surface area is 153 Å². The summed E-state index contributed by atoms with van der Waals surface area (Å²) in [5.74, 6) is -0.249. The fourth-order valence-electron chi connectivity index (χ4n) is 3.13. The van der Waals surface area contributed by atoms with E-state index in [4.69, 9.17) is 9.15 Å². The fraction of sp³-hybridized carbons (Fsp3) is 0.0909. The first-order chi connectivity index (χ1) is 13.0. The van der Waals surface area contributed by atoms with Crippen LogP contribution in [0.3, 0.4) is 0 Å². The summed E-state index contributed by atoms with van der Waals surface area (Å²) in [7, 11) is 0. The third kappa shape index (κ3) is 3.19. The van der Waals surface area contributed by atoms with Crippen molar-refractivity contribution in [3.8, 4) is 5.75 Å². The van der Waals surface area contributed by atoms with Crippen LogP contribution in [0.25, 0.3) is 21.7 Å². The lowest BCUT2D eigenvalue weighted by Crippen LogP contribution is -2.11. The molecule has 27 heavy (non-hydrogen) atoms. The number of benzene rings is 3. The molecule has 0 saturated carbocycles. The standard InChI is InChI=1S/C22H15FO4/c1-13-10-16(26-12-19(24)14-6-8-15(23)9-7-14)11-20-21(13)17-4-2-3-5-18(17)22(25)27-20/h2-11H,12H2,1H3. The highest BCUT2D eigenvalue weighted by molar-refractivity contribution is 6.06. The summed E-state index contributed by atoms with van der Waals surface area (Å²) >= 11 is 0. The highest BCUT2D eigenvalue weighted by Gasteiger charge is 2.12. The lowest BCUT2D eigenvalue weighted by molar-refractivity contribution is 0.0921. The van der Waals surface area contributed by atoms with E-state index in [1.807, 2.05) is 19.1 Å². The molecule has 134 valence electrons. The molecule has 0 fully saturated rings. The van der Waals surface area contributed by atoms with Crippen molar-refractivity contribution in [2.24, 2.45) is 0 Å². The maximum Gasteiger partial charge on any atom is 0.344 e. The maximum atomic E-state index is 13.0. The zero-order valence-corrected chi connectivity index (χ0v) is 14.5. The van der Waals surface area contributed by atoms with Crippen LogP contribution in [0, 0.1) is 12.7 Å². The van der Waals surface area contributed by atoms with Crippen LogP contribution >= 0.6 is 0 Å². The van der Waals surface area contributed by atoms with Gasteiger partial charge in [0, 0.05) is 22.4 Å². The predicted molar refractivity (Wildman–Crippen MR) is 101 cm³/mol. The van der Waals surface area contributed by atoms with E-state index >= 15 is 0 Å². The van der Waals surface area contributed by atoms with Gasteiger partial charge >= 0.3 is 5.63 Å². The lowest BCUT2D eigenvalue weighted by atomic mass is 10.0. The van der Waals surface area contributed by atoms with E-state index in [0.717, 1.165) is 16.3 Å². The van der Waals surface area contributed by atoms with Crippen LogP contribution in [-0.4, -0.2) is 12.4 Å². The minimum atomic E-state index is -0.419. The second-order valence-corrected chi connectivity index (χ2v) is 6.27. The van der Waals surface area contributed by atoms with E-state index in [1.165, 1.54) is 24.3 Å². The number of aryl methyl sites for hydroxylation is 1. The third-order valence-electron chi connectivity index (χ3n) is 4.43. The van der Waals surface area contributed by atoms with Gasteiger partial charge in [-0.25, -0.2) is 9.18 Å². The van der Waals surface area contributed by atoms with Crippen LogP contribution in [0.1, 0.15) is 15.9 Å². The molecule has 0 atom stereocenters. The van der Waals surface area contributed by atoms with Crippen molar-refractivity contribution in [1.82, 2.24) is 0 Å². The van der Waals surface area contributed by atoms with Gasteiger partial charge in [0.25, 0.3) is 0 Å². The van der Waals surface area contributed by atoms with Crippen molar-refractivity contribution in [3.63, 3.8) is 0 Å². The minimum absolute atomic E-state index is 0.200. The molecule has 0 aliphatic carbocycles. The Hall–Kier alpha value is -3.47. The smallest absolute Gasteiger partial charge is 0.344 e. The van der Waals surface area contributed by atoms with E-state index in [0.29, 0.717) is 22.3 Å². The molecule has 0 unspecified atom stereocenters. The summed E-state index contributed by atoms with van der Waals surface area (Å²) in [6.07, 6.45) is 0. The molecule has 0 radical (unpaired) electrons. The Bertz CT molecular complexity index is 1220. The molecular formula is C22H15FO4. The molecule has 4 aromatic rings. The summed E-state index contributed by atoms with van der Waals surface area (Å²) in [5.41, 5.74) is 1.23. The molecule has 0 bridgehead atoms. The number of hydrogen-bond donors (Lipinski definition) is 0. The Morgan fingerprint density at radius 3 is 2.48 bits per heavy atom. The van der Waals surface area contributed by atoms with Crippen LogP contribution in [-0.2, 0) is 0 Å². The summed E-state index contributed by atoms with van der Waals surface area (Å²) in [5, 5.41) is 2.17. The molecule has 1 aromatic heterocycles. The van der Waals surface area contributed by atoms with E-state index < -0.39 is 11.4 Å². The Kier molecular flexibility index (Phi) is 4.20. The van der Waals surface area contributed by atoms with E-state index in [2.05, 4.69) is 0 Å². The fourth-order valence-corrected chi connectivity index (χ4v) is 3.13. The lowest BCUT2D eigenvalue weighted by Gasteiger charge is -2.10. The zero-order valence-electron chi connectivity index (χ0n) is 14.5. The van der Waals surface area contributed by atoms with E-state index in [1.54, 1.807) is 24.3 Å². The Morgan fingerprint density at radius 1 is 1.04 bits per heavy atom. The number of rotatable bonds is 4. The van der Waals surface area contributed by atoms with Crippen LogP contribution in [0.5, 0.6) is 5.75 Å². The molecule has 4 nitrogen and oxygen atoms in total. The average Bonchev–Trinajstić information content (AvgIpc) is 2.66. The molecule has 0 saturated heterocycles. The molecule has 0 spiro atoms. The maximum absolute atomic E-state index is 13.0. The van der Waals surface area contributed by atoms with Gasteiger partial charge in [0.2, 0.25) is 0 Å². The normalized spacial score (nSPS) is 11.0. The highest BCUT2D eigenvalue weighted by atomic mass is 19.1. The molecule has 0 amide bonds. The molecule has 5 heteroatoms. The number of ether oxygens (including phenoxy) is 1. The van der Waals surface area contributed by atoms with Crippen LogP contribution < -0.4 is 10.4 Å². The number of fused-ring (bicyclic) bond motifs is 3. The van der Waals surface area contributed by atoms with Crippen molar-refractivity contribution < 1.29 is 18.3 Å². The van der Waals surface area contributed by atoms with Crippen molar-refractivity contribution >= 4 is 27.5 Å². The Balaban J connectivity index is 1.67. The molecule has 4 rings (SSSR count). The molecule has 0 aliphatic heterocycles. The number of carbonyl (C=O) groups excluding carboxylic acids is 1. The van der Waals surface area contributed by atoms with Gasteiger partial charge < -0.3 is 9.15 Å². The summed E-state index contributed by atoms with van der Waals surface area (Å²) in [6.45, 7) is 1.69. The minimum Gasteiger partial charge on any atom is -0.485 e. The highest BCUT2D eigenvalue weighted by Crippen LogP contribution is 2.29. The van der Waals surface area contributed by atoms with Crippen LogP contribution in [0.15, 0.2) is 69.9 Å². The molecule has 1 heterocycles. The largest absolute Gasteiger partial charge is 0.485 e. The SMILES string of the molecule is Cc1cc(OCC(=O)c2ccc(F)cc2)cc2oc(=O)c3ccccc3c12. The van der Waals surface area contributed by atoms with Crippen molar-refractivity contribution in [2.75, 3.05) is 6.61 Å². The first-order valence-corrected chi connectivity index (χ1v) is 8.41. The van der Waals surface area contributed by atoms with Gasteiger partial charge in [-0.2, -0.15) is 0 Å². The molecule has 0 N–H and O–H groups in total. The van der Waals surface area contributed by atoms with E-state index in [9.17, 15) is 14.0 Å². The van der Waals surface area contributed by atoms with Gasteiger partial charge in [0.1, 0.15) is 17.1 Å². The first kappa shape index (κ1) is 17.0. The summed E-state index contributed by atoms with van der Waals surface area (Å²) < 4.78 is 24.0. The van der Waals surface area contributed by atoms with Crippen molar-refractivity contribution in [2.45, 2.75) is 6.92 Å². The number of hydrogen-bond acceptors (Lipinski definition) is 4. The molecular weight excluding hydrogens is 347 g/mol. The number of carbonyl (C=O) groups is 1. The molecule has 3 aromatic carbocycles. The number of ketones is 1. The van der Waals surface area contributed by atoms with Gasteiger partial charge in [-0.1, -0.05) is 18.2 Å². The van der Waals surface area contributed by atoms with Crippen LogP contribution in [0.2, 0.25) is 0 Å². The molecule has 0 aliphatic rings. The van der Waals surface area contributed by atoms with Crippen LogP contribution in [0.4, 0.5) is 4.39 Å². The zero-order chi connectivity index (χ0) is 19.0. The van der Waals surface area contributed by atoms with Gasteiger partial charge in [-0.3, -0.25) is 4.79 Å². The van der Waals surface area contributed by atoms with Crippen molar-refractivity contribution in [1.29, 1.82) is 0 Å². The quantitative estimate of drug-likeness (QED) is 0.301. The first-order valence-electron chi connectivity index (χ1n) is 8.41. The third-order valence-corrected chi connectivity index (χ3v) is 4.43. The Morgan fingerprint density at radius 2 is 1.74 bits per heavy atom. The predicted octanol–water partition coefficient (Wildman–Crippen LogP) is 4.66. The van der Waals surface area contributed by atoms with Crippen molar-refractivity contribution in [3.05, 3.63) is 88.0 Å². The summed E-state index contributed by atoms with van der Waals surface area (Å²) in [6, 6.07) is 16.0. The second-order valence-electron chi connectivity index (χ2n) is 6.27. The topological polar surface area (TPSA) is 56.5 Å². The number of Topliss-reactive ketones (excluding diaryl/α,β-unsaturated/α-hetero) is 1. The average molecular weight is 362 g/mol. The van der Waals surface area contributed by atoms with E-state index in [-0.39, 0.29) is 12.4 Å². The second kappa shape index (κ2) is 6.68.